The van der Waals surface area contributed by atoms with Crippen LogP contribution in [0.4, 0.5) is 0 Å². The molecule has 0 aliphatic heterocycles. The number of nitrogens with zero attached hydrogens (tertiary/aromatic N) is 1. The molecule has 0 atom stereocenters. The van der Waals surface area contributed by atoms with Gasteiger partial charge in [-0.25, -0.2) is 0 Å². The zero-order valence-corrected chi connectivity index (χ0v) is 10.3. The van der Waals surface area contributed by atoms with Crippen LogP contribution in [0.2, 0.25) is 0 Å². The van der Waals surface area contributed by atoms with Gasteiger partial charge in [-0.1, -0.05) is 31.6 Å². The summed E-state index contributed by atoms with van der Waals surface area (Å²) in [4.78, 5) is 4.07. The van der Waals surface area contributed by atoms with Crippen LogP contribution in [-0.2, 0) is 0 Å². The van der Waals surface area contributed by atoms with Crippen LogP contribution >= 0.6 is 0 Å². The minimum absolute atomic E-state index is 0.0909. The van der Waals surface area contributed by atoms with Gasteiger partial charge in [-0.05, 0) is 12.5 Å². The number of hydrogen-bond donors (Lipinski definition) is 1. The minimum atomic E-state index is 0.0909. The van der Waals surface area contributed by atoms with Gasteiger partial charge in [0, 0.05) is 18.2 Å². The van der Waals surface area contributed by atoms with E-state index in [2.05, 4.69) is 23.7 Å². The highest BCUT2D eigenvalue weighted by molar-refractivity contribution is 5.36. The minimum Gasteiger partial charge on any atom is -0.492 e. The first-order chi connectivity index (χ1) is 8.36. The standard InChI is InChI=1S/C14H19NO2/c1-2-3-6-9-17-14-10-13(11-15-12-14)7-4-5-8-16/h10-12,16H,2-3,5-6,8-9H2,1H3. The first-order valence-electron chi connectivity index (χ1n) is 6.04. The van der Waals surface area contributed by atoms with Gasteiger partial charge in [0.15, 0.2) is 0 Å². The highest BCUT2D eigenvalue weighted by Gasteiger charge is 1.95. The van der Waals surface area contributed by atoms with Crippen molar-refractivity contribution in [2.24, 2.45) is 0 Å². The van der Waals surface area contributed by atoms with Crippen molar-refractivity contribution in [1.82, 2.24) is 4.98 Å². The summed E-state index contributed by atoms with van der Waals surface area (Å²) in [6.45, 7) is 2.98. The lowest BCUT2D eigenvalue weighted by Crippen LogP contribution is -1.97. The average molecular weight is 233 g/mol. The second-order valence-electron chi connectivity index (χ2n) is 3.74. The van der Waals surface area contributed by atoms with Gasteiger partial charge in [0.2, 0.25) is 0 Å². The van der Waals surface area contributed by atoms with E-state index in [1.54, 1.807) is 12.4 Å². The van der Waals surface area contributed by atoms with Crippen molar-refractivity contribution in [2.45, 2.75) is 32.6 Å². The second kappa shape index (κ2) is 8.60. The Labute approximate surface area is 103 Å². The molecule has 1 aromatic heterocycles. The van der Waals surface area contributed by atoms with Crippen LogP contribution < -0.4 is 4.74 Å². The molecule has 1 heterocycles. The van der Waals surface area contributed by atoms with E-state index in [1.165, 1.54) is 12.8 Å². The third-order valence-electron chi connectivity index (χ3n) is 2.20. The van der Waals surface area contributed by atoms with Crippen LogP contribution in [0.1, 0.15) is 38.2 Å². The van der Waals surface area contributed by atoms with E-state index in [0.717, 1.165) is 24.3 Å². The molecule has 1 rings (SSSR count). The Hall–Kier alpha value is -1.53. The fourth-order valence-electron chi connectivity index (χ4n) is 1.33. The monoisotopic (exact) mass is 233 g/mol. The third-order valence-corrected chi connectivity index (χ3v) is 2.20. The van der Waals surface area contributed by atoms with Crippen LogP contribution in [0.25, 0.3) is 0 Å². The summed E-state index contributed by atoms with van der Waals surface area (Å²) in [5.74, 6) is 6.56. The Morgan fingerprint density at radius 2 is 2.24 bits per heavy atom. The SMILES string of the molecule is CCCCCOc1cncc(C#CCCO)c1. The maximum atomic E-state index is 8.62. The molecule has 0 aliphatic rings. The third kappa shape index (κ3) is 5.94. The van der Waals surface area contributed by atoms with Crippen molar-refractivity contribution in [1.29, 1.82) is 0 Å². The number of ether oxygens (including phenoxy) is 1. The topological polar surface area (TPSA) is 42.4 Å². The predicted octanol–water partition coefficient (Wildman–Crippen LogP) is 2.38. The Morgan fingerprint density at radius 3 is 3.00 bits per heavy atom. The van der Waals surface area contributed by atoms with Crippen molar-refractivity contribution in [3.63, 3.8) is 0 Å². The molecule has 0 saturated heterocycles. The fourth-order valence-corrected chi connectivity index (χ4v) is 1.33. The number of aromatic nitrogens is 1. The van der Waals surface area contributed by atoms with E-state index >= 15 is 0 Å². The van der Waals surface area contributed by atoms with Crippen molar-refractivity contribution in [2.75, 3.05) is 13.2 Å². The Morgan fingerprint density at radius 1 is 1.35 bits per heavy atom. The van der Waals surface area contributed by atoms with Crippen molar-refractivity contribution in [3.8, 4) is 17.6 Å². The van der Waals surface area contributed by atoms with Crippen molar-refractivity contribution in [3.05, 3.63) is 24.0 Å². The first kappa shape index (κ1) is 13.5. The molecule has 0 unspecified atom stereocenters. The molecule has 0 aliphatic carbocycles. The molecule has 17 heavy (non-hydrogen) atoms. The molecule has 0 aromatic carbocycles. The van der Waals surface area contributed by atoms with Crippen LogP contribution in [0.5, 0.6) is 5.75 Å². The molecular formula is C14H19NO2. The quantitative estimate of drug-likeness (QED) is 0.606. The molecule has 1 N–H and O–H groups in total. The molecule has 3 nitrogen and oxygen atoms in total. The van der Waals surface area contributed by atoms with Crippen LogP contribution in [0.15, 0.2) is 18.5 Å². The summed E-state index contributed by atoms with van der Waals surface area (Å²) in [5.41, 5.74) is 0.825. The normalized spacial score (nSPS) is 9.53. The van der Waals surface area contributed by atoms with Gasteiger partial charge in [-0.2, -0.15) is 0 Å². The van der Waals surface area contributed by atoms with Crippen molar-refractivity contribution >= 4 is 0 Å². The van der Waals surface area contributed by atoms with E-state index in [9.17, 15) is 0 Å². The Balaban J connectivity index is 2.46. The van der Waals surface area contributed by atoms with E-state index in [0.29, 0.717) is 6.42 Å². The summed E-state index contributed by atoms with van der Waals surface area (Å²) < 4.78 is 5.58. The number of pyridine rings is 1. The average Bonchev–Trinajstić information content (AvgIpc) is 2.36. The van der Waals surface area contributed by atoms with Gasteiger partial charge in [0.1, 0.15) is 5.75 Å². The Bertz CT molecular complexity index is 379. The fraction of sp³-hybridized carbons (Fsp3) is 0.500. The molecule has 1 aromatic rings. The van der Waals surface area contributed by atoms with Gasteiger partial charge in [-0.3, -0.25) is 4.98 Å². The lowest BCUT2D eigenvalue weighted by atomic mass is 10.2. The van der Waals surface area contributed by atoms with Gasteiger partial charge in [0.05, 0.1) is 19.4 Å². The second-order valence-corrected chi connectivity index (χ2v) is 3.74. The number of aliphatic hydroxyl groups excluding tert-OH is 1. The van der Waals surface area contributed by atoms with Crippen molar-refractivity contribution < 1.29 is 9.84 Å². The number of rotatable bonds is 6. The summed E-state index contributed by atoms with van der Waals surface area (Å²) in [6, 6.07) is 1.88. The molecule has 0 saturated carbocycles. The summed E-state index contributed by atoms with van der Waals surface area (Å²) in [7, 11) is 0. The molecule has 0 spiro atoms. The predicted molar refractivity (Wildman–Crippen MR) is 67.8 cm³/mol. The Kier molecular flexibility index (Phi) is 6.85. The molecular weight excluding hydrogens is 214 g/mol. The lowest BCUT2D eigenvalue weighted by Gasteiger charge is -2.04. The zero-order valence-electron chi connectivity index (χ0n) is 10.3. The summed E-state index contributed by atoms with van der Waals surface area (Å²) in [6.07, 6.45) is 7.32. The smallest absolute Gasteiger partial charge is 0.138 e. The number of hydrogen-bond acceptors (Lipinski definition) is 3. The highest BCUT2D eigenvalue weighted by Crippen LogP contribution is 2.11. The van der Waals surface area contributed by atoms with E-state index in [-0.39, 0.29) is 6.61 Å². The summed E-state index contributed by atoms with van der Waals surface area (Å²) >= 11 is 0. The van der Waals surface area contributed by atoms with Gasteiger partial charge in [0.25, 0.3) is 0 Å². The van der Waals surface area contributed by atoms with Gasteiger partial charge >= 0.3 is 0 Å². The first-order valence-corrected chi connectivity index (χ1v) is 6.04. The van der Waals surface area contributed by atoms with E-state index < -0.39 is 0 Å². The maximum absolute atomic E-state index is 8.62. The van der Waals surface area contributed by atoms with Gasteiger partial charge in [-0.15, -0.1) is 0 Å². The van der Waals surface area contributed by atoms with Crippen LogP contribution in [-0.4, -0.2) is 23.3 Å². The largest absolute Gasteiger partial charge is 0.492 e. The van der Waals surface area contributed by atoms with Gasteiger partial charge < -0.3 is 9.84 Å². The molecule has 0 fully saturated rings. The van der Waals surface area contributed by atoms with E-state index in [1.807, 2.05) is 6.07 Å². The molecule has 0 radical (unpaired) electrons. The maximum Gasteiger partial charge on any atom is 0.138 e. The number of aliphatic hydroxyl groups is 1. The highest BCUT2D eigenvalue weighted by atomic mass is 16.5. The van der Waals surface area contributed by atoms with Crippen LogP contribution in [0, 0.1) is 11.8 Å². The molecule has 0 amide bonds. The number of unbranched alkanes of at least 4 members (excludes halogenated alkanes) is 2. The van der Waals surface area contributed by atoms with Crippen LogP contribution in [0.3, 0.4) is 0 Å². The lowest BCUT2D eigenvalue weighted by molar-refractivity contribution is 0.305. The molecule has 0 bridgehead atoms. The zero-order chi connectivity index (χ0) is 12.3. The summed E-state index contributed by atoms with van der Waals surface area (Å²) in [5, 5.41) is 8.62. The molecule has 92 valence electrons. The molecule has 3 heteroatoms. The van der Waals surface area contributed by atoms with E-state index in [4.69, 9.17) is 9.84 Å².